The van der Waals surface area contributed by atoms with E-state index >= 15 is 0 Å². The van der Waals surface area contributed by atoms with Crippen LogP contribution in [0, 0.1) is 6.92 Å². The Morgan fingerprint density at radius 1 is 0.944 bits per heavy atom. The number of para-hydroxylation sites is 1. The van der Waals surface area contributed by atoms with Crippen molar-refractivity contribution in [3.8, 4) is 5.75 Å². The second-order valence-electron chi connectivity index (χ2n) is 4.59. The highest BCUT2D eigenvalue weighted by atomic mass is 16.5. The molecule has 0 saturated carbocycles. The van der Waals surface area contributed by atoms with Crippen molar-refractivity contribution < 1.29 is 9.84 Å². The summed E-state index contributed by atoms with van der Waals surface area (Å²) in [6.45, 7) is 3.80. The zero-order valence-corrected chi connectivity index (χ0v) is 11.0. The molecule has 0 fully saturated rings. The van der Waals surface area contributed by atoms with Gasteiger partial charge in [0.05, 0.1) is 7.11 Å². The number of aryl methyl sites for hydroxylation is 1. The van der Waals surface area contributed by atoms with Crippen molar-refractivity contribution in [1.82, 2.24) is 0 Å². The molecule has 2 nitrogen and oxygen atoms in total. The first-order valence-electron chi connectivity index (χ1n) is 5.99. The maximum atomic E-state index is 10.9. The second kappa shape index (κ2) is 4.83. The summed E-state index contributed by atoms with van der Waals surface area (Å²) in [5, 5.41) is 10.9. The number of hydrogen-bond donors (Lipinski definition) is 1. The molecular weight excluding hydrogens is 224 g/mol. The largest absolute Gasteiger partial charge is 0.496 e. The smallest absolute Gasteiger partial charge is 0.125 e. The van der Waals surface area contributed by atoms with Crippen LogP contribution in [0.15, 0.2) is 48.5 Å². The van der Waals surface area contributed by atoms with Crippen molar-refractivity contribution in [3.05, 3.63) is 65.2 Å². The summed E-state index contributed by atoms with van der Waals surface area (Å²) in [4.78, 5) is 0. The Hall–Kier alpha value is -1.80. The Kier molecular flexibility index (Phi) is 3.39. The van der Waals surface area contributed by atoms with Gasteiger partial charge in [0, 0.05) is 5.56 Å². The number of rotatable bonds is 3. The molecule has 2 aromatic carbocycles. The fraction of sp³-hybridized carbons (Fsp3) is 0.250. The third-order valence-corrected chi connectivity index (χ3v) is 3.30. The average molecular weight is 242 g/mol. The summed E-state index contributed by atoms with van der Waals surface area (Å²) >= 11 is 0. The minimum Gasteiger partial charge on any atom is -0.496 e. The lowest BCUT2D eigenvalue weighted by atomic mass is 9.85. The van der Waals surface area contributed by atoms with E-state index in [2.05, 4.69) is 0 Å². The Morgan fingerprint density at radius 3 is 2.11 bits per heavy atom. The Labute approximate surface area is 108 Å². The van der Waals surface area contributed by atoms with Crippen LogP contribution in [0.4, 0.5) is 0 Å². The van der Waals surface area contributed by atoms with Crippen LogP contribution in [0.2, 0.25) is 0 Å². The lowest BCUT2D eigenvalue weighted by molar-refractivity contribution is 0.0983. The van der Waals surface area contributed by atoms with Gasteiger partial charge in [-0.15, -0.1) is 0 Å². The first-order valence-corrected chi connectivity index (χ1v) is 5.99. The van der Waals surface area contributed by atoms with Crippen molar-refractivity contribution in [2.24, 2.45) is 0 Å². The first-order chi connectivity index (χ1) is 8.57. The Bertz CT molecular complexity index is 544. The molecule has 2 aromatic rings. The van der Waals surface area contributed by atoms with Crippen LogP contribution < -0.4 is 4.74 Å². The van der Waals surface area contributed by atoms with Gasteiger partial charge in [0.25, 0.3) is 0 Å². The molecule has 0 aliphatic carbocycles. The fourth-order valence-corrected chi connectivity index (χ4v) is 2.31. The van der Waals surface area contributed by atoms with Crippen molar-refractivity contribution in [2.75, 3.05) is 7.11 Å². The van der Waals surface area contributed by atoms with E-state index in [1.165, 1.54) is 0 Å². The molecule has 0 heterocycles. The topological polar surface area (TPSA) is 29.5 Å². The summed E-state index contributed by atoms with van der Waals surface area (Å²) in [6.07, 6.45) is 0. The molecule has 0 saturated heterocycles. The van der Waals surface area contributed by atoms with E-state index in [0.29, 0.717) is 5.75 Å². The highest BCUT2D eigenvalue weighted by Crippen LogP contribution is 2.36. The lowest BCUT2D eigenvalue weighted by Gasteiger charge is -2.27. The maximum Gasteiger partial charge on any atom is 0.125 e. The van der Waals surface area contributed by atoms with E-state index in [0.717, 1.165) is 16.7 Å². The van der Waals surface area contributed by atoms with Crippen LogP contribution in [0.25, 0.3) is 0 Å². The first kappa shape index (κ1) is 12.7. The summed E-state index contributed by atoms with van der Waals surface area (Å²) in [5.41, 5.74) is 1.68. The van der Waals surface area contributed by atoms with E-state index in [-0.39, 0.29) is 0 Å². The molecular formula is C16H18O2. The number of methoxy groups -OCH3 is 1. The molecule has 94 valence electrons. The molecule has 1 N–H and O–H groups in total. The Morgan fingerprint density at radius 2 is 1.50 bits per heavy atom. The molecule has 0 aromatic heterocycles. The van der Waals surface area contributed by atoms with Gasteiger partial charge < -0.3 is 9.84 Å². The van der Waals surface area contributed by atoms with E-state index in [1.807, 2.05) is 55.5 Å². The predicted octanol–water partition coefficient (Wildman–Crippen LogP) is 3.26. The van der Waals surface area contributed by atoms with Gasteiger partial charge in [-0.1, -0.05) is 42.5 Å². The van der Waals surface area contributed by atoms with E-state index in [4.69, 9.17) is 4.74 Å². The molecule has 0 amide bonds. The quantitative estimate of drug-likeness (QED) is 0.895. The number of ether oxygens (including phenoxy) is 1. The van der Waals surface area contributed by atoms with Gasteiger partial charge in [-0.25, -0.2) is 0 Å². The molecule has 2 heteroatoms. The van der Waals surface area contributed by atoms with Crippen LogP contribution in [0.3, 0.4) is 0 Å². The standard InChI is InChI=1S/C16H18O2/c1-12-8-4-5-9-13(12)16(2,17)14-10-6-7-11-15(14)18-3/h4-11,17H,1-3H3. The number of benzene rings is 2. The summed E-state index contributed by atoms with van der Waals surface area (Å²) < 4.78 is 5.33. The molecule has 0 radical (unpaired) electrons. The van der Waals surface area contributed by atoms with Gasteiger partial charge >= 0.3 is 0 Å². The van der Waals surface area contributed by atoms with Gasteiger partial charge in [-0.05, 0) is 31.0 Å². The van der Waals surface area contributed by atoms with Crippen LogP contribution in [-0.4, -0.2) is 12.2 Å². The molecule has 0 aliphatic rings. The zero-order valence-electron chi connectivity index (χ0n) is 11.0. The van der Waals surface area contributed by atoms with E-state index in [9.17, 15) is 5.11 Å². The van der Waals surface area contributed by atoms with Crippen LogP contribution in [-0.2, 0) is 5.60 Å². The summed E-state index contributed by atoms with van der Waals surface area (Å²) in [7, 11) is 1.62. The van der Waals surface area contributed by atoms with Crippen molar-refractivity contribution in [1.29, 1.82) is 0 Å². The molecule has 0 aliphatic heterocycles. The predicted molar refractivity (Wildman–Crippen MR) is 72.8 cm³/mol. The van der Waals surface area contributed by atoms with Gasteiger partial charge in [0.2, 0.25) is 0 Å². The molecule has 1 atom stereocenters. The number of aliphatic hydroxyl groups is 1. The van der Waals surface area contributed by atoms with Crippen LogP contribution >= 0.6 is 0 Å². The van der Waals surface area contributed by atoms with E-state index in [1.54, 1.807) is 14.0 Å². The fourth-order valence-electron chi connectivity index (χ4n) is 2.31. The van der Waals surface area contributed by atoms with Crippen LogP contribution in [0.1, 0.15) is 23.6 Å². The average Bonchev–Trinajstić information content (AvgIpc) is 2.39. The van der Waals surface area contributed by atoms with Crippen molar-refractivity contribution in [2.45, 2.75) is 19.4 Å². The normalized spacial score (nSPS) is 14.0. The molecule has 0 bridgehead atoms. The molecule has 0 spiro atoms. The van der Waals surface area contributed by atoms with Crippen molar-refractivity contribution >= 4 is 0 Å². The summed E-state index contributed by atoms with van der Waals surface area (Å²) in [6, 6.07) is 15.4. The highest BCUT2D eigenvalue weighted by Gasteiger charge is 2.29. The zero-order chi connectivity index (χ0) is 13.2. The minimum atomic E-state index is -1.06. The maximum absolute atomic E-state index is 10.9. The second-order valence-corrected chi connectivity index (χ2v) is 4.59. The lowest BCUT2D eigenvalue weighted by Crippen LogP contribution is -2.24. The molecule has 1 unspecified atom stereocenters. The van der Waals surface area contributed by atoms with Crippen LogP contribution in [0.5, 0.6) is 5.75 Å². The third-order valence-electron chi connectivity index (χ3n) is 3.30. The van der Waals surface area contributed by atoms with Gasteiger partial charge in [-0.3, -0.25) is 0 Å². The highest BCUT2D eigenvalue weighted by molar-refractivity contribution is 5.46. The van der Waals surface area contributed by atoms with Gasteiger partial charge in [0.15, 0.2) is 0 Å². The number of hydrogen-bond acceptors (Lipinski definition) is 2. The van der Waals surface area contributed by atoms with Crippen molar-refractivity contribution in [3.63, 3.8) is 0 Å². The van der Waals surface area contributed by atoms with Gasteiger partial charge in [-0.2, -0.15) is 0 Å². The monoisotopic (exact) mass is 242 g/mol. The SMILES string of the molecule is COc1ccccc1C(C)(O)c1ccccc1C. The molecule has 2 rings (SSSR count). The minimum absolute atomic E-state index is 0.700. The molecule has 18 heavy (non-hydrogen) atoms. The Balaban J connectivity index is 2.58. The van der Waals surface area contributed by atoms with E-state index < -0.39 is 5.60 Å². The summed E-state index contributed by atoms with van der Waals surface area (Å²) in [5.74, 6) is 0.700. The van der Waals surface area contributed by atoms with Gasteiger partial charge in [0.1, 0.15) is 11.4 Å². The third kappa shape index (κ3) is 2.12.